The van der Waals surface area contributed by atoms with Gasteiger partial charge in [0.2, 0.25) is 11.9 Å². The van der Waals surface area contributed by atoms with E-state index in [0.29, 0.717) is 36.0 Å². The minimum absolute atomic E-state index is 0.155. The quantitative estimate of drug-likeness (QED) is 0.0890. The number of oxazole rings is 2. The van der Waals surface area contributed by atoms with Crippen LogP contribution in [0.2, 0.25) is 0 Å². The second-order valence-electron chi connectivity index (χ2n) is 12.1. The van der Waals surface area contributed by atoms with Gasteiger partial charge in [0.15, 0.2) is 11.2 Å². The second kappa shape index (κ2) is 12.9. The lowest BCUT2D eigenvalue weighted by atomic mass is 9.87. The first-order valence-electron chi connectivity index (χ1n) is 15.6. The van der Waals surface area contributed by atoms with Crippen LogP contribution in [0.5, 0.6) is 0 Å². The van der Waals surface area contributed by atoms with E-state index in [9.17, 15) is 0 Å². The number of nitrogens with one attached hydrogen (secondary N) is 4. The maximum Gasteiger partial charge on any atom is 0.295 e. The molecule has 4 aromatic heterocycles. The third-order valence-corrected chi connectivity index (χ3v) is 10.3. The van der Waals surface area contributed by atoms with Gasteiger partial charge >= 0.3 is 0 Å². The highest BCUT2D eigenvalue weighted by Crippen LogP contribution is 2.45. The lowest BCUT2D eigenvalue weighted by Gasteiger charge is -2.35. The van der Waals surface area contributed by atoms with Gasteiger partial charge in [0, 0.05) is 70.9 Å². The summed E-state index contributed by atoms with van der Waals surface area (Å²) in [5.74, 6) is 2.09. The first-order chi connectivity index (χ1) is 23.1. The van der Waals surface area contributed by atoms with Gasteiger partial charge in [-0.1, -0.05) is 18.2 Å². The summed E-state index contributed by atoms with van der Waals surface area (Å²) in [7, 11) is 0. The van der Waals surface area contributed by atoms with Crippen LogP contribution in [0, 0.1) is 5.41 Å². The number of hydrogen-bond acceptors (Lipinski definition) is 14. The van der Waals surface area contributed by atoms with Crippen LogP contribution in [0.4, 0.5) is 23.9 Å². The maximum atomic E-state index is 5.99. The Hall–Kier alpha value is -4.56. The van der Waals surface area contributed by atoms with Crippen molar-refractivity contribution in [1.82, 2.24) is 29.9 Å². The Labute approximate surface area is 279 Å². The summed E-state index contributed by atoms with van der Waals surface area (Å²) < 4.78 is 11.8. The van der Waals surface area contributed by atoms with Crippen molar-refractivity contribution in [3.8, 4) is 0 Å². The molecule has 2 fully saturated rings. The molecule has 47 heavy (non-hydrogen) atoms. The van der Waals surface area contributed by atoms with Crippen LogP contribution in [-0.2, 0) is 5.75 Å². The summed E-state index contributed by atoms with van der Waals surface area (Å²) in [6.07, 6.45) is 13.6. The predicted molar refractivity (Wildman–Crippen MR) is 186 cm³/mol. The van der Waals surface area contributed by atoms with Crippen LogP contribution in [-0.4, -0.2) is 61.3 Å². The van der Waals surface area contributed by atoms with E-state index in [0.717, 1.165) is 82.1 Å². The molecule has 14 heteroatoms. The Morgan fingerprint density at radius 1 is 0.745 bits per heavy atom. The molecule has 4 heterocycles. The highest BCUT2D eigenvalue weighted by atomic mass is 32.2. The maximum absolute atomic E-state index is 5.99. The van der Waals surface area contributed by atoms with E-state index in [-0.39, 0.29) is 5.41 Å². The Kier molecular flexibility index (Phi) is 8.19. The van der Waals surface area contributed by atoms with Gasteiger partial charge in [-0.25, -0.2) is 19.9 Å². The minimum Gasteiger partial charge on any atom is -0.424 e. The molecular weight excluding hydrogens is 633 g/mol. The number of nitrogens with zero attached hydrogens (tertiary/aromatic N) is 6. The van der Waals surface area contributed by atoms with Crippen molar-refractivity contribution in [2.24, 2.45) is 5.41 Å². The van der Waals surface area contributed by atoms with Crippen LogP contribution < -0.4 is 21.3 Å². The van der Waals surface area contributed by atoms with E-state index in [2.05, 4.69) is 58.3 Å². The summed E-state index contributed by atoms with van der Waals surface area (Å²) in [6.45, 7) is 1.59. The number of aromatic nitrogens is 6. The first kappa shape index (κ1) is 29.8. The molecule has 8 rings (SSSR count). The molecule has 240 valence electrons. The van der Waals surface area contributed by atoms with Gasteiger partial charge in [-0.05, 0) is 61.8 Å². The normalized spacial score (nSPS) is 18.1. The number of para-hydroxylation sites is 2. The van der Waals surface area contributed by atoms with E-state index >= 15 is 0 Å². The summed E-state index contributed by atoms with van der Waals surface area (Å²) >= 11 is 3.33. The van der Waals surface area contributed by atoms with Crippen molar-refractivity contribution in [3.63, 3.8) is 0 Å². The molecule has 12 nitrogen and oxygen atoms in total. The molecule has 2 aliphatic rings. The third kappa shape index (κ3) is 7.08. The van der Waals surface area contributed by atoms with Crippen molar-refractivity contribution in [2.75, 3.05) is 40.6 Å². The number of rotatable bonds is 14. The summed E-state index contributed by atoms with van der Waals surface area (Å²) in [6, 6.07) is 15.7. The smallest absolute Gasteiger partial charge is 0.295 e. The lowest BCUT2D eigenvalue weighted by molar-refractivity contribution is 0.387. The number of hydrogen-bond donors (Lipinski definition) is 4. The molecule has 0 amide bonds. The minimum atomic E-state index is 0.155. The monoisotopic (exact) mass is 666 g/mol. The number of thioether (sulfide) groups is 2. The van der Waals surface area contributed by atoms with Crippen LogP contribution in [0.1, 0.15) is 31.2 Å². The molecular formula is C33H34N10O2S2. The predicted octanol–water partition coefficient (Wildman–Crippen LogP) is 6.92. The molecule has 0 aliphatic heterocycles. The summed E-state index contributed by atoms with van der Waals surface area (Å²) in [4.78, 5) is 29.2. The van der Waals surface area contributed by atoms with Gasteiger partial charge in [0.05, 0.1) is 0 Å². The zero-order chi connectivity index (χ0) is 31.6. The SMILES string of the molecule is CSc1cnc(NCC2(CNc3nc4cc(CSc5cnc(N[C@H]6C[C@H](Nc7nc8ccccc8o7)C6)nc5)ccc4o3)CC2)nc1. The van der Waals surface area contributed by atoms with Gasteiger partial charge in [-0.2, -0.15) is 9.97 Å². The first-order valence-corrected chi connectivity index (χ1v) is 17.9. The number of fused-ring (bicyclic) bond motifs is 2. The molecule has 0 radical (unpaired) electrons. The molecule has 0 bridgehead atoms. The van der Waals surface area contributed by atoms with Crippen LogP contribution in [0.3, 0.4) is 0 Å². The standard InChI is InChI=1S/C33H34N10O2S2/c1-46-23-13-34-29(35-14-23)38-18-33(8-9-33)19-39-31-43-26-10-20(6-7-28(26)44-31)17-47-24-15-36-30(37-16-24)40-21-11-22(12-21)41-32-42-25-4-2-3-5-27(25)45-32/h2-7,10,13-16,21-22H,8-9,11-12,17-19H2,1H3,(H,39,43)(H,41,42)(H,34,35,38)(H,36,37,40)/t21-,22-. The van der Waals surface area contributed by atoms with Crippen molar-refractivity contribution >= 4 is 69.6 Å². The van der Waals surface area contributed by atoms with Crippen LogP contribution in [0.25, 0.3) is 22.2 Å². The van der Waals surface area contributed by atoms with Crippen molar-refractivity contribution in [3.05, 3.63) is 72.8 Å². The summed E-state index contributed by atoms with van der Waals surface area (Å²) in [5, 5.41) is 13.6. The molecule has 0 spiro atoms. The fraction of sp³-hybridized carbons (Fsp3) is 0.333. The highest BCUT2D eigenvalue weighted by Gasteiger charge is 2.42. The molecule has 0 unspecified atom stereocenters. The van der Waals surface area contributed by atoms with E-state index in [4.69, 9.17) is 13.8 Å². The van der Waals surface area contributed by atoms with Gasteiger partial charge in [0.1, 0.15) is 11.0 Å². The average Bonchev–Trinajstić information content (AvgIpc) is 3.55. The van der Waals surface area contributed by atoms with Gasteiger partial charge in [0.25, 0.3) is 12.0 Å². The molecule has 6 aromatic rings. The molecule has 2 aliphatic carbocycles. The van der Waals surface area contributed by atoms with E-state index in [1.165, 1.54) is 0 Å². The lowest BCUT2D eigenvalue weighted by Crippen LogP contribution is -2.44. The van der Waals surface area contributed by atoms with Gasteiger partial charge in [-0.15, -0.1) is 23.5 Å². The Bertz CT molecular complexity index is 1940. The molecule has 4 N–H and O–H groups in total. The van der Waals surface area contributed by atoms with Gasteiger partial charge < -0.3 is 30.1 Å². The van der Waals surface area contributed by atoms with Crippen molar-refractivity contribution in [1.29, 1.82) is 0 Å². The van der Waals surface area contributed by atoms with Crippen molar-refractivity contribution in [2.45, 2.75) is 53.3 Å². The second-order valence-corrected chi connectivity index (χ2v) is 14.1. The molecule has 0 saturated heterocycles. The van der Waals surface area contributed by atoms with Crippen LogP contribution >= 0.6 is 23.5 Å². The zero-order valence-electron chi connectivity index (χ0n) is 25.8. The highest BCUT2D eigenvalue weighted by molar-refractivity contribution is 7.98. The fourth-order valence-electron chi connectivity index (χ4n) is 5.55. The van der Waals surface area contributed by atoms with E-state index in [1.807, 2.05) is 61.4 Å². The Balaban J connectivity index is 0.781. The van der Waals surface area contributed by atoms with Crippen molar-refractivity contribution < 1.29 is 8.83 Å². The molecule has 2 saturated carbocycles. The largest absolute Gasteiger partial charge is 0.424 e. The number of benzene rings is 2. The topological polar surface area (TPSA) is 152 Å². The fourth-order valence-corrected chi connectivity index (χ4v) is 6.63. The Morgan fingerprint density at radius 2 is 1.43 bits per heavy atom. The average molecular weight is 667 g/mol. The van der Waals surface area contributed by atoms with E-state index in [1.54, 1.807) is 23.5 Å². The molecule has 2 aromatic carbocycles. The van der Waals surface area contributed by atoms with Crippen LogP contribution in [0.15, 0.2) is 85.9 Å². The van der Waals surface area contributed by atoms with Gasteiger partial charge in [-0.3, -0.25) is 0 Å². The summed E-state index contributed by atoms with van der Waals surface area (Å²) in [5.41, 5.74) is 4.59. The Morgan fingerprint density at radius 3 is 2.21 bits per heavy atom. The van der Waals surface area contributed by atoms with E-state index < -0.39 is 0 Å². The zero-order valence-corrected chi connectivity index (χ0v) is 27.4. The molecule has 0 atom stereocenters. The number of anilines is 4. The third-order valence-electron chi connectivity index (χ3n) is 8.64.